The third-order valence-corrected chi connectivity index (χ3v) is 3.62. The highest BCUT2D eigenvalue weighted by atomic mass is 127. The van der Waals surface area contributed by atoms with E-state index in [4.69, 9.17) is 5.73 Å². The molecule has 0 radical (unpaired) electrons. The van der Waals surface area contributed by atoms with Crippen molar-refractivity contribution in [3.05, 3.63) is 0 Å². The summed E-state index contributed by atoms with van der Waals surface area (Å²) in [5.41, 5.74) is 5.39. The minimum Gasteiger partial charge on any atom is -0.369 e. The van der Waals surface area contributed by atoms with Crippen molar-refractivity contribution < 1.29 is 4.79 Å². The predicted molar refractivity (Wildman–Crippen MR) is 98.0 cm³/mol. The van der Waals surface area contributed by atoms with Crippen LogP contribution in [0.5, 0.6) is 0 Å². The summed E-state index contributed by atoms with van der Waals surface area (Å²) in [6.45, 7) is 6.85. The van der Waals surface area contributed by atoms with Gasteiger partial charge in [0.05, 0.1) is 5.92 Å². The molecule has 4 N–H and O–H groups in total. The lowest BCUT2D eigenvalue weighted by Gasteiger charge is -2.31. The molecule has 0 spiro atoms. The second-order valence-corrected chi connectivity index (χ2v) is 5.32. The molecule has 1 unspecified atom stereocenters. The Morgan fingerprint density at radius 3 is 2.71 bits per heavy atom. The Morgan fingerprint density at radius 2 is 2.10 bits per heavy atom. The quantitative estimate of drug-likeness (QED) is 0.250. The van der Waals surface area contributed by atoms with Gasteiger partial charge in [0, 0.05) is 26.7 Å². The van der Waals surface area contributed by atoms with Crippen LogP contribution in [0.1, 0.15) is 32.6 Å². The van der Waals surface area contributed by atoms with Crippen LogP contribution in [0.2, 0.25) is 0 Å². The molecule has 6 nitrogen and oxygen atoms in total. The lowest BCUT2D eigenvalue weighted by molar-refractivity contribution is -0.123. The first kappa shape index (κ1) is 20.4. The molecule has 1 fully saturated rings. The first-order chi connectivity index (χ1) is 9.67. The maximum atomic E-state index is 11.2. The Kier molecular flexibility index (Phi) is 11.7. The summed E-state index contributed by atoms with van der Waals surface area (Å²) in [5, 5.41) is 6.54. The molecule has 1 saturated heterocycles. The van der Waals surface area contributed by atoms with E-state index >= 15 is 0 Å². The maximum Gasteiger partial charge on any atom is 0.221 e. The van der Waals surface area contributed by atoms with Gasteiger partial charge >= 0.3 is 0 Å². The number of hydrogen-bond donors (Lipinski definition) is 3. The summed E-state index contributed by atoms with van der Waals surface area (Å²) in [6, 6.07) is 0. The lowest BCUT2D eigenvalue weighted by atomic mass is 9.97. The fourth-order valence-electron chi connectivity index (χ4n) is 2.46. The number of aliphatic imine (C=N–C) groups is 1. The van der Waals surface area contributed by atoms with Gasteiger partial charge in [0.25, 0.3) is 0 Å². The van der Waals surface area contributed by atoms with Gasteiger partial charge in [0.2, 0.25) is 5.91 Å². The molecule has 0 saturated carbocycles. The first-order valence-corrected chi connectivity index (χ1v) is 7.63. The van der Waals surface area contributed by atoms with Gasteiger partial charge in [-0.1, -0.05) is 6.92 Å². The van der Waals surface area contributed by atoms with Crippen molar-refractivity contribution in [2.24, 2.45) is 16.6 Å². The average Bonchev–Trinajstić information content (AvgIpc) is 2.47. The molecule has 1 heterocycles. The molecule has 1 aliphatic rings. The van der Waals surface area contributed by atoms with Crippen molar-refractivity contribution in [1.82, 2.24) is 15.5 Å². The van der Waals surface area contributed by atoms with Crippen molar-refractivity contribution in [3.8, 4) is 0 Å². The van der Waals surface area contributed by atoms with Crippen LogP contribution >= 0.6 is 24.0 Å². The first-order valence-electron chi connectivity index (χ1n) is 7.63. The number of nitrogens with zero attached hydrogens (tertiary/aromatic N) is 2. The molecule has 1 aliphatic heterocycles. The highest BCUT2D eigenvalue weighted by molar-refractivity contribution is 14.0. The molecule has 0 aliphatic carbocycles. The minimum absolute atomic E-state index is 0. The second-order valence-electron chi connectivity index (χ2n) is 5.32. The van der Waals surface area contributed by atoms with E-state index in [2.05, 4.69) is 27.4 Å². The molecule has 0 aromatic rings. The number of nitrogens with two attached hydrogens (primary N) is 1. The number of amides is 1. The van der Waals surface area contributed by atoms with Gasteiger partial charge in [-0.3, -0.25) is 9.79 Å². The molecule has 0 aromatic heterocycles. The largest absolute Gasteiger partial charge is 0.369 e. The maximum absolute atomic E-state index is 11.2. The molecule has 1 rings (SSSR count). The van der Waals surface area contributed by atoms with Crippen molar-refractivity contribution >= 4 is 35.8 Å². The van der Waals surface area contributed by atoms with Crippen molar-refractivity contribution in [1.29, 1.82) is 0 Å². The number of hydrogen-bond acceptors (Lipinski definition) is 3. The van der Waals surface area contributed by atoms with Gasteiger partial charge in [0.1, 0.15) is 0 Å². The average molecular weight is 411 g/mol. The molecular formula is C14H30IN5O. The molecule has 0 aromatic carbocycles. The summed E-state index contributed by atoms with van der Waals surface area (Å²) in [4.78, 5) is 17.7. The fourth-order valence-corrected chi connectivity index (χ4v) is 2.46. The van der Waals surface area contributed by atoms with Gasteiger partial charge in [0.15, 0.2) is 5.96 Å². The normalized spacial score (nSPS) is 19.7. The number of carbonyl (C=O) groups is 1. The van der Waals surface area contributed by atoms with Crippen LogP contribution in [0, 0.1) is 5.92 Å². The van der Waals surface area contributed by atoms with Crippen LogP contribution in [0.15, 0.2) is 4.99 Å². The lowest BCUT2D eigenvalue weighted by Crippen LogP contribution is -2.43. The van der Waals surface area contributed by atoms with Gasteiger partial charge in [-0.05, 0) is 38.8 Å². The molecule has 21 heavy (non-hydrogen) atoms. The number of piperidine rings is 1. The van der Waals surface area contributed by atoms with E-state index in [-0.39, 0.29) is 35.8 Å². The van der Waals surface area contributed by atoms with Gasteiger partial charge in [-0.2, -0.15) is 0 Å². The van der Waals surface area contributed by atoms with Crippen molar-refractivity contribution in [2.45, 2.75) is 32.6 Å². The smallest absolute Gasteiger partial charge is 0.221 e. The third kappa shape index (κ3) is 8.45. The van der Waals surface area contributed by atoms with E-state index in [0.717, 1.165) is 64.4 Å². The summed E-state index contributed by atoms with van der Waals surface area (Å²) >= 11 is 0. The highest BCUT2D eigenvalue weighted by Gasteiger charge is 2.23. The highest BCUT2D eigenvalue weighted by Crippen LogP contribution is 2.15. The van der Waals surface area contributed by atoms with E-state index in [1.165, 1.54) is 0 Å². The zero-order valence-corrected chi connectivity index (χ0v) is 15.6. The van der Waals surface area contributed by atoms with Crippen LogP contribution in [-0.2, 0) is 4.79 Å². The standard InChI is InChI=1S/C14H29N5O.HI/c1-3-7-17-14(16-2)18-8-5-10-19-9-4-6-12(11-19)13(15)20;/h12H,3-11H2,1-2H3,(H2,15,20)(H2,16,17,18);1H. The van der Waals surface area contributed by atoms with Gasteiger partial charge in [-0.25, -0.2) is 0 Å². The number of guanidine groups is 1. The zero-order chi connectivity index (χ0) is 14.8. The Labute approximate surface area is 145 Å². The summed E-state index contributed by atoms with van der Waals surface area (Å²) in [5.74, 6) is 0.744. The van der Waals surface area contributed by atoms with Crippen LogP contribution in [-0.4, -0.2) is 56.5 Å². The molecular weight excluding hydrogens is 381 g/mol. The topological polar surface area (TPSA) is 82.8 Å². The van der Waals surface area contributed by atoms with Gasteiger partial charge in [-0.15, -0.1) is 24.0 Å². The van der Waals surface area contributed by atoms with Crippen LogP contribution in [0.3, 0.4) is 0 Å². The number of nitrogens with one attached hydrogen (secondary N) is 2. The molecule has 1 atom stereocenters. The summed E-state index contributed by atoms with van der Waals surface area (Å²) in [6.07, 6.45) is 4.14. The number of carbonyl (C=O) groups excluding carboxylic acids is 1. The van der Waals surface area contributed by atoms with Gasteiger partial charge < -0.3 is 21.3 Å². The second kappa shape index (κ2) is 12.0. The monoisotopic (exact) mass is 411 g/mol. The van der Waals surface area contributed by atoms with E-state index in [1.54, 1.807) is 7.05 Å². The predicted octanol–water partition coefficient (Wildman–Crippen LogP) is 0.767. The summed E-state index contributed by atoms with van der Waals surface area (Å²) < 4.78 is 0. The fraction of sp³-hybridized carbons (Fsp3) is 0.857. The van der Waals surface area contributed by atoms with E-state index in [0.29, 0.717) is 0 Å². The van der Waals surface area contributed by atoms with Crippen molar-refractivity contribution in [2.75, 3.05) is 39.8 Å². The Morgan fingerprint density at radius 1 is 1.38 bits per heavy atom. The van der Waals surface area contributed by atoms with Crippen LogP contribution in [0.25, 0.3) is 0 Å². The molecule has 1 amide bonds. The number of halogens is 1. The Balaban J connectivity index is 0.00000400. The SMILES string of the molecule is CCCNC(=NC)NCCCN1CCCC(C(N)=O)C1.I. The van der Waals surface area contributed by atoms with Crippen LogP contribution < -0.4 is 16.4 Å². The van der Waals surface area contributed by atoms with Crippen LogP contribution in [0.4, 0.5) is 0 Å². The molecule has 124 valence electrons. The Bertz CT molecular complexity index is 324. The van der Waals surface area contributed by atoms with E-state index in [9.17, 15) is 4.79 Å². The molecule has 7 heteroatoms. The number of likely N-dealkylation sites (tertiary alicyclic amines) is 1. The summed E-state index contributed by atoms with van der Waals surface area (Å²) in [7, 11) is 1.78. The third-order valence-electron chi connectivity index (χ3n) is 3.62. The zero-order valence-electron chi connectivity index (χ0n) is 13.2. The molecule has 0 bridgehead atoms. The van der Waals surface area contributed by atoms with E-state index in [1.807, 2.05) is 0 Å². The Hall–Kier alpha value is -0.570. The van der Waals surface area contributed by atoms with Crippen molar-refractivity contribution in [3.63, 3.8) is 0 Å². The number of rotatable bonds is 7. The minimum atomic E-state index is -0.156. The number of primary amides is 1. The van der Waals surface area contributed by atoms with E-state index < -0.39 is 0 Å².